The maximum absolute atomic E-state index is 2.56. The van der Waals surface area contributed by atoms with Crippen molar-refractivity contribution in [3.8, 4) is 0 Å². The SMILES string of the molecule is CC(C)CCCCCCCCCCCCCCC(C)CC(CCC(C)CCCCCCCCC(C)CCCCCCCCC(C)C)C(C)C. The van der Waals surface area contributed by atoms with Gasteiger partial charge >= 0.3 is 0 Å². The molecule has 0 bridgehead atoms. The second kappa shape index (κ2) is 36.4. The molecule has 0 aliphatic rings. The number of unbranched alkanes of at least 4 members (excludes halogenated alkanes) is 21. The van der Waals surface area contributed by atoms with Crippen molar-refractivity contribution < 1.29 is 0 Å². The molecule has 0 rings (SSSR count). The molecule has 0 N–H and O–H groups in total. The van der Waals surface area contributed by atoms with Crippen molar-refractivity contribution in [3.63, 3.8) is 0 Å². The first kappa shape index (κ1) is 49.0. The summed E-state index contributed by atoms with van der Waals surface area (Å²) in [6, 6.07) is 0. The molecular formula is C49H100. The largest absolute Gasteiger partial charge is 0.0628 e. The molecule has 0 heteroatoms. The summed E-state index contributed by atoms with van der Waals surface area (Å²) in [5.41, 5.74) is 0. The Hall–Kier alpha value is 0. The van der Waals surface area contributed by atoms with E-state index in [1.54, 1.807) is 0 Å². The van der Waals surface area contributed by atoms with Crippen LogP contribution in [-0.4, -0.2) is 0 Å². The average molecular weight is 689 g/mol. The molecule has 4 atom stereocenters. The molecule has 0 aromatic heterocycles. The van der Waals surface area contributed by atoms with Crippen molar-refractivity contribution in [2.45, 2.75) is 274 Å². The lowest BCUT2D eigenvalue weighted by molar-refractivity contribution is 0.257. The summed E-state index contributed by atoms with van der Waals surface area (Å²) in [5.74, 6) is 6.36. The highest BCUT2D eigenvalue weighted by Crippen LogP contribution is 2.30. The maximum atomic E-state index is 2.56. The van der Waals surface area contributed by atoms with E-state index < -0.39 is 0 Å². The van der Waals surface area contributed by atoms with E-state index in [0.29, 0.717) is 0 Å². The first-order chi connectivity index (χ1) is 23.6. The van der Waals surface area contributed by atoms with E-state index in [4.69, 9.17) is 0 Å². The predicted octanol–water partition coefficient (Wildman–Crippen LogP) is 18.4. The lowest BCUT2D eigenvalue weighted by Crippen LogP contribution is -2.14. The van der Waals surface area contributed by atoms with Gasteiger partial charge in [0.15, 0.2) is 0 Å². The smallest absolute Gasteiger partial charge is 0.0388 e. The number of hydrogen-bond acceptors (Lipinski definition) is 0. The van der Waals surface area contributed by atoms with Gasteiger partial charge in [-0.15, -0.1) is 0 Å². The number of hydrogen-bond donors (Lipinski definition) is 0. The van der Waals surface area contributed by atoms with Gasteiger partial charge in [-0.1, -0.05) is 261 Å². The van der Waals surface area contributed by atoms with Crippen LogP contribution in [0, 0.1) is 41.4 Å². The highest BCUT2D eigenvalue weighted by Gasteiger charge is 2.18. The van der Waals surface area contributed by atoms with E-state index in [9.17, 15) is 0 Å². The minimum absolute atomic E-state index is 0.849. The van der Waals surface area contributed by atoms with Crippen LogP contribution in [0.15, 0.2) is 0 Å². The van der Waals surface area contributed by atoms with Crippen molar-refractivity contribution in [3.05, 3.63) is 0 Å². The van der Waals surface area contributed by atoms with Gasteiger partial charge in [-0.25, -0.2) is 0 Å². The third-order valence-corrected chi connectivity index (χ3v) is 12.3. The zero-order chi connectivity index (χ0) is 36.4. The molecule has 49 heavy (non-hydrogen) atoms. The van der Waals surface area contributed by atoms with Crippen LogP contribution in [0.3, 0.4) is 0 Å². The molecule has 0 aromatic rings. The summed E-state index contributed by atoms with van der Waals surface area (Å²) in [6.07, 6.45) is 48.5. The van der Waals surface area contributed by atoms with Gasteiger partial charge < -0.3 is 0 Å². The molecule has 0 saturated heterocycles. The Morgan fingerprint density at radius 3 is 0.755 bits per heavy atom. The highest BCUT2D eigenvalue weighted by molar-refractivity contribution is 4.69. The van der Waals surface area contributed by atoms with Crippen LogP contribution in [0.1, 0.15) is 274 Å². The van der Waals surface area contributed by atoms with Crippen molar-refractivity contribution >= 4 is 0 Å². The number of rotatable bonds is 39. The Kier molecular flexibility index (Phi) is 36.4. The Labute approximate surface area is 314 Å². The van der Waals surface area contributed by atoms with Crippen molar-refractivity contribution in [1.82, 2.24) is 0 Å². The average Bonchev–Trinajstić information content (AvgIpc) is 3.05. The minimum atomic E-state index is 0.849. The Morgan fingerprint density at radius 1 is 0.224 bits per heavy atom. The predicted molar refractivity (Wildman–Crippen MR) is 228 cm³/mol. The lowest BCUT2D eigenvalue weighted by Gasteiger charge is -2.26. The Balaban J connectivity index is 3.65. The molecular weight excluding hydrogens is 589 g/mol. The molecule has 0 fully saturated rings. The van der Waals surface area contributed by atoms with Crippen molar-refractivity contribution in [2.75, 3.05) is 0 Å². The van der Waals surface area contributed by atoms with Crippen LogP contribution in [0.25, 0.3) is 0 Å². The van der Waals surface area contributed by atoms with Crippen LogP contribution < -0.4 is 0 Å². The van der Waals surface area contributed by atoms with Gasteiger partial charge in [0.25, 0.3) is 0 Å². The minimum Gasteiger partial charge on any atom is -0.0628 e. The van der Waals surface area contributed by atoms with Crippen LogP contribution in [0.2, 0.25) is 0 Å². The summed E-state index contributed by atoms with van der Waals surface area (Å²) in [6.45, 7) is 22.0. The molecule has 0 aliphatic carbocycles. The van der Waals surface area contributed by atoms with E-state index >= 15 is 0 Å². The topological polar surface area (TPSA) is 0 Å². The molecule has 0 aromatic carbocycles. The van der Waals surface area contributed by atoms with E-state index in [0.717, 1.165) is 41.4 Å². The quantitative estimate of drug-likeness (QED) is 0.0564. The van der Waals surface area contributed by atoms with E-state index in [-0.39, 0.29) is 0 Å². The third-order valence-electron chi connectivity index (χ3n) is 12.3. The fourth-order valence-electron chi connectivity index (χ4n) is 8.40. The standard InChI is InChI=1S/C49H100/c1-43(2)34-28-22-16-14-12-10-11-13-15-17-27-33-39-48(9)42-49(45(5)6)41-40-47(8)38-32-26-21-20-25-31-37-46(7)36-30-24-19-18-23-29-35-44(3)4/h43-49H,10-42H2,1-9H3. The Morgan fingerprint density at radius 2 is 0.469 bits per heavy atom. The van der Waals surface area contributed by atoms with E-state index in [2.05, 4.69) is 62.3 Å². The molecule has 0 saturated carbocycles. The van der Waals surface area contributed by atoms with E-state index in [1.807, 2.05) is 0 Å². The molecule has 0 nitrogen and oxygen atoms in total. The van der Waals surface area contributed by atoms with Crippen molar-refractivity contribution in [2.24, 2.45) is 41.4 Å². The second-order valence-electron chi connectivity index (χ2n) is 19.1. The third kappa shape index (κ3) is 37.6. The molecule has 0 spiro atoms. The van der Waals surface area contributed by atoms with Crippen LogP contribution in [0.5, 0.6) is 0 Å². The zero-order valence-electron chi connectivity index (χ0n) is 36.4. The van der Waals surface area contributed by atoms with Gasteiger partial charge in [-0.2, -0.15) is 0 Å². The summed E-state index contributed by atoms with van der Waals surface area (Å²) in [4.78, 5) is 0. The van der Waals surface area contributed by atoms with Gasteiger partial charge in [0.2, 0.25) is 0 Å². The summed E-state index contributed by atoms with van der Waals surface area (Å²) < 4.78 is 0. The zero-order valence-corrected chi connectivity index (χ0v) is 36.4. The summed E-state index contributed by atoms with van der Waals surface area (Å²) in [7, 11) is 0. The monoisotopic (exact) mass is 689 g/mol. The fraction of sp³-hybridized carbons (Fsp3) is 1.00. The van der Waals surface area contributed by atoms with E-state index in [1.165, 1.54) is 212 Å². The van der Waals surface area contributed by atoms with Gasteiger partial charge in [-0.05, 0) is 54.3 Å². The van der Waals surface area contributed by atoms with Crippen LogP contribution in [-0.2, 0) is 0 Å². The summed E-state index contributed by atoms with van der Waals surface area (Å²) >= 11 is 0. The van der Waals surface area contributed by atoms with Gasteiger partial charge in [0, 0.05) is 0 Å². The van der Waals surface area contributed by atoms with Crippen LogP contribution >= 0.6 is 0 Å². The highest BCUT2D eigenvalue weighted by atomic mass is 14.2. The lowest BCUT2D eigenvalue weighted by atomic mass is 9.80. The maximum Gasteiger partial charge on any atom is -0.0388 e. The van der Waals surface area contributed by atoms with Gasteiger partial charge in [0.05, 0.1) is 0 Å². The molecule has 296 valence electrons. The molecule has 0 amide bonds. The van der Waals surface area contributed by atoms with Gasteiger partial charge in [0.1, 0.15) is 0 Å². The summed E-state index contributed by atoms with van der Waals surface area (Å²) in [5, 5.41) is 0. The van der Waals surface area contributed by atoms with Crippen molar-refractivity contribution in [1.29, 1.82) is 0 Å². The molecule has 0 aliphatic heterocycles. The van der Waals surface area contributed by atoms with Gasteiger partial charge in [-0.3, -0.25) is 0 Å². The normalized spacial score (nSPS) is 14.7. The second-order valence-corrected chi connectivity index (χ2v) is 19.1. The molecule has 0 radical (unpaired) electrons. The fourth-order valence-corrected chi connectivity index (χ4v) is 8.40. The van der Waals surface area contributed by atoms with Crippen LogP contribution in [0.4, 0.5) is 0 Å². The first-order valence-corrected chi connectivity index (χ1v) is 23.6. The first-order valence-electron chi connectivity index (χ1n) is 23.6. The Bertz CT molecular complexity index is 616. The molecule has 0 heterocycles. The molecule has 4 unspecified atom stereocenters.